The summed E-state index contributed by atoms with van der Waals surface area (Å²) < 4.78 is 6.10. The minimum absolute atomic E-state index is 0.241. The fraction of sp³-hybridized carbons (Fsp3) is 0.0500. The molecular weight excluding hydrogens is 751 g/mol. The number of oxazole rings is 1. The van der Waals surface area contributed by atoms with Crippen LogP contribution in [0.4, 0.5) is 0 Å². The number of hydrogen-bond acceptors (Lipinski definition) is 2. The molecule has 62 heavy (non-hydrogen) atoms. The Morgan fingerprint density at radius 3 is 1.44 bits per heavy atom. The fourth-order valence-corrected chi connectivity index (χ4v) is 9.98. The zero-order valence-electron chi connectivity index (χ0n) is 34.6. The second kappa shape index (κ2) is 14.1. The van der Waals surface area contributed by atoms with E-state index in [1.807, 2.05) is 24.3 Å². The van der Waals surface area contributed by atoms with E-state index in [-0.39, 0.29) is 5.41 Å². The van der Waals surface area contributed by atoms with Crippen molar-refractivity contribution >= 4 is 32.6 Å². The standard InChI is InChI=1S/C60H41NO/c1-60(2)53-35-44(40-27-29-41(30-28-40)59-61-55-25-11-12-26-56(55)62-59)31-32-47(53)50-36-51-52(37-54(50)60)58(46-22-14-20-43(34-46)39-17-7-4-8-18-39)49-24-10-9-23-48(49)57(51)45-21-13-19-42(33-45)38-15-5-3-6-16-38/h3-37H,1-2H3. The van der Waals surface area contributed by atoms with Crippen LogP contribution in [-0.2, 0) is 5.41 Å². The normalized spacial score (nSPS) is 12.8. The minimum Gasteiger partial charge on any atom is -0.436 e. The first-order chi connectivity index (χ1) is 30.5. The molecule has 292 valence electrons. The number of hydrogen-bond donors (Lipinski definition) is 0. The predicted octanol–water partition coefficient (Wildman–Crippen LogP) is 16.4. The number of para-hydroxylation sites is 2. The van der Waals surface area contributed by atoms with Gasteiger partial charge in [-0.05, 0) is 154 Å². The van der Waals surface area contributed by atoms with Gasteiger partial charge in [-0.1, -0.05) is 172 Å². The summed E-state index contributed by atoms with van der Waals surface area (Å²) in [6.45, 7) is 4.79. The fourth-order valence-electron chi connectivity index (χ4n) is 9.98. The molecule has 2 nitrogen and oxygen atoms in total. The van der Waals surface area contributed by atoms with Crippen LogP contribution >= 0.6 is 0 Å². The molecule has 2 heteroatoms. The first-order valence-corrected chi connectivity index (χ1v) is 21.4. The van der Waals surface area contributed by atoms with Crippen molar-refractivity contribution in [1.29, 1.82) is 0 Å². The van der Waals surface area contributed by atoms with Crippen molar-refractivity contribution in [3.05, 3.63) is 223 Å². The lowest BCUT2D eigenvalue weighted by Crippen LogP contribution is -2.15. The van der Waals surface area contributed by atoms with E-state index in [2.05, 4.69) is 202 Å². The van der Waals surface area contributed by atoms with E-state index in [9.17, 15) is 0 Å². The van der Waals surface area contributed by atoms with Crippen molar-refractivity contribution < 1.29 is 4.42 Å². The maximum atomic E-state index is 6.10. The summed E-state index contributed by atoms with van der Waals surface area (Å²) in [6, 6.07) is 77.3. The number of nitrogens with zero attached hydrogens (tertiary/aromatic N) is 1. The molecule has 1 aliphatic rings. The third-order valence-electron chi connectivity index (χ3n) is 13.1. The van der Waals surface area contributed by atoms with Crippen molar-refractivity contribution in [3.63, 3.8) is 0 Å². The van der Waals surface area contributed by atoms with Gasteiger partial charge in [-0.25, -0.2) is 4.98 Å². The highest BCUT2D eigenvalue weighted by Crippen LogP contribution is 2.54. The number of rotatable bonds is 6. The summed E-state index contributed by atoms with van der Waals surface area (Å²) in [5.74, 6) is 0.639. The predicted molar refractivity (Wildman–Crippen MR) is 259 cm³/mol. The van der Waals surface area contributed by atoms with E-state index in [1.165, 1.54) is 93.9 Å². The van der Waals surface area contributed by atoms with Crippen molar-refractivity contribution in [1.82, 2.24) is 4.98 Å². The largest absolute Gasteiger partial charge is 0.436 e. The Balaban J connectivity index is 1.06. The Bertz CT molecular complexity index is 3490. The van der Waals surface area contributed by atoms with E-state index in [0.29, 0.717) is 5.89 Å². The van der Waals surface area contributed by atoms with E-state index in [1.54, 1.807) is 0 Å². The van der Waals surface area contributed by atoms with Gasteiger partial charge < -0.3 is 4.42 Å². The quantitative estimate of drug-likeness (QED) is 0.157. The zero-order valence-corrected chi connectivity index (χ0v) is 34.6. The summed E-state index contributed by atoms with van der Waals surface area (Å²) in [5, 5.41) is 5.03. The monoisotopic (exact) mass is 791 g/mol. The molecule has 1 aromatic heterocycles. The summed E-state index contributed by atoms with van der Waals surface area (Å²) >= 11 is 0. The van der Waals surface area contributed by atoms with Crippen molar-refractivity contribution in [2.75, 3.05) is 0 Å². The average molecular weight is 792 g/mol. The molecule has 0 N–H and O–H groups in total. The second-order valence-electron chi connectivity index (χ2n) is 17.1. The van der Waals surface area contributed by atoms with Crippen LogP contribution in [0, 0.1) is 0 Å². The van der Waals surface area contributed by atoms with Crippen LogP contribution in [0.5, 0.6) is 0 Å². The molecule has 0 aliphatic heterocycles. The van der Waals surface area contributed by atoms with Crippen LogP contribution in [0.15, 0.2) is 217 Å². The molecule has 10 aromatic carbocycles. The van der Waals surface area contributed by atoms with Crippen molar-refractivity contribution in [3.8, 4) is 78.2 Å². The van der Waals surface area contributed by atoms with Crippen LogP contribution < -0.4 is 0 Å². The van der Waals surface area contributed by atoms with E-state index in [0.717, 1.165) is 22.2 Å². The topological polar surface area (TPSA) is 26.0 Å². The summed E-state index contributed by atoms with van der Waals surface area (Å²) in [5.41, 5.74) is 19.9. The molecule has 12 rings (SSSR count). The van der Waals surface area contributed by atoms with Crippen LogP contribution in [0.3, 0.4) is 0 Å². The summed E-state index contributed by atoms with van der Waals surface area (Å²) in [4.78, 5) is 4.74. The van der Waals surface area contributed by atoms with E-state index < -0.39 is 0 Å². The summed E-state index contributed by atoms with van der Waals surface area (Å²) in [7, 11) is 0. The maximum absolute atomic E-state index is 6.10. The first-order valence-electron chi connectivity index (χ1n) is 21.4. The number of benzene rings is 10. The Morgan fingerprint density at radius 2 is 0.806 bits per heavy atom. The summed E-state index contributed by atoms with van der Waals surface area (Å²) in [6.07, 6.45) is 0. The zero-order chi connectivity index (χ0) is 41.4. The lowest BCUT2D eigenvalue weighted by molar-refractivity contribution is 0.620. The van der Waals surface area contributed by atoms with Gasteiger partial charge in [0.05, 0.1) is 0 Å². The highest BCUT2D eigenvalue weighted by molar-refractivity contribution is 6.22. The van der Waals surface area contributed by atoms with Gasteiger partial charge in [-0.2, -0.15) is 0 Å². The van der Waals surface area contributed by atoms with Crippen LogP contribution in [-0.4, -0.2) is 4.98 Å². The lowest BCUT2D eigenvalue weighted by Gasteiger charge is -2.24. The van der Waals surface area contributed by atoms with E-state index in [4.69, 9.17) is 9.40 Å². The van der Waals surface area contributed by atoms with Crippen molar-refractivity contribution in [2.45, 2.75) is 19.3 Å². The smallest absolute Gasteiger partial charge is 0.227 e. The van der Waals surface area contributed by atoms with Gasteiger partial charge in [-0.3, -0.25) is 0 Å². The molecule has 0 saturated heterocycles. The second-order valence-corrected chi connectivity index (χ2v) is 17.1. The van der Waals surface area contributed by atoms with Gasteiger partial charge in [-0.15, -0.1) is 0 Å². The van der Waals surface area contributed by atoms with Gasteiger partial charge in [0.1, 0.15) is 5.52 Å². The molecule has 0 bridgehead atoms. The molecule has 0 radical (unpaired) electrons. The highest BCUT2D eigenvalue weighted by Gasteiger charge is 2.37. The SMILES string of the molecule is CC1(C)c2cc(-c3ccc(-c4nc5ccccc5o4)cc3)ccc2-c2cc3c(-c4cccc(-c5ccccc5)c4)c4ccccc4c(-c4cccc(-c5ccccc5)c4)c3cc21. The van der Waals surface area contributed by atoms with Crippen LogP contribution in [0.1, 0.15) is 25.0 Å². The molecule has 0 spiro atoms. The average Bonchev–Trinajstić information content (AvgIpc) is 3.86. The molecule has 0 fully saturated rings. The van der Waals surface area contributed by atoms with E-state index >= 15 is 0 Å². The van der Waals surface area contributed by atoms with Gasteiger partial charge in [0, 0.05) is 11.0 Å². The molecule has 0 unspecified atom stereocenters. The molecule has 1 aliphatic carbocycles. The third kappa shape index (κ3) is 5.83. The van der Waals surface area contributed by atoms with Gasteiger partial charge >= 0.3 is 0 Å². The van der Waals surface area contributed by atoms with Crippen molar-refractivity contribution in [2.24, 2.45) is 0 Å². The maximum Gasteiger partial charge on any atom is 0.227 e. The number of aromatic nitrogens is 1. The van der Waals surface area contributed by atoms with Crippen LogP contribution in [0.2, 0.25) is 0 Å². The lowest BCUT2D eigenvalue weighted by atomic mass is 9.79. The highest BCUT2D eigenvalue weighted by atomic mass is 16.3. The third-order valence-corrected chi connectivity index (χ3v) is 13.1. The van der Waals surface area contributed by atoms with Gasteiger partial charge in [0.15, 0.2) is 5.58 Å². The number of fused-ring (bicyclic) bond motifs is 6. The molecular formula is C60H41NO. The van der Waals surface area contributed by atoms with Gasteiger partial charge in [0.2, 0.25) is 5.89 Å². The minimum atomic E-state index is -0.241. The molecule has 11 aromatic rings. The molecule has 0 atom stereocenters. The first kappa shape index (κ1) is 36.1. The molecule has 0 amide bonds. The van der Waals surface area contributed by atoms with Crippen LogP contribution in [0.25, 0.3) is 111 Å². The Kier molecular flexibility index (Phi) is 8.23. The molecule has 1 heterocycles. The molecule has 0 saturated carbocycles. The Labute approximate surface area is 361 Å². The Hall–Kier alpha value is -7.81. The van der Waals surface area contributed by atoms with Gasteiger partial charge in [0.25, 0.3) is 0 Å². The Morgan fingerprint density at radius 1 is 0.339 bits per heavy atom.